The van der Waals surface area contributed by atoms with Gasteiger partial charge in [-0.3, -0.25) is 0 Å². The van der Waals surface area contributed by atoms with E-state index in [2.05, 4.69) is 35.7 Å². The Balaban J connectivity index is 1.91. The molecule has 2 rings (SSSR count). The van der Waals surface area contributed by atoms with Gasteiger partial charge in [-0.05, 0) is 43.2 Å². The van der Waals surface area contributed by atoms with Gasteiger partial charge in [-0.2, -0.15) is 5.26 Å². The first kappa shape index (κ1) is 16.4. The number of hydrogen-bond donors (Lipinski definition) is 1. The average Bonchev–Trinajstić information content (AvgIpc) is 2.52. The molecule has 0 radical (unpaired) electrons. The molecule has 0 spiro atoms. The summed E-state index contributed by atoms with van der Waals surface area (Å²) in [7, 11) is 0. The van der Waals surface area contributed by atoms with Crippen LogP contribution in [0.5, 0.6) is 0 Å². The van der Waals surface area contributed by atoms with Crippen LogP contribution in [0, 0.1) is 11.3 Å². The quantitative estimate of drug-likeness (QED) is 0.837. The summed E-state index contributed by atoms with van der Waals surface area (Å²) in [6.07, 6.45) is 0.238. The molecule has 0 amide bonds. The Kier molecular flexibility index (Phi) is 5.83. The molecule has 0 aliphatic rings. The minimum absolute atomic E-state index is 0.238. The average molecular weight is 315 g/mol. The molecule has 0 atom stereocenters. The van der Waals surface area contributed by atoms with Crippen molar-refractivity contribution in [1.82, 2.24) is 0 Å². The fourth-order valence-electron chi connectivity index (χ4n) is 1.94. The van der Waals surface area contributed by atoms with Gasteiger partial charge in [0.15, 0.2) is 0 Å². The van der Waals surface area contributed by atoms with Crippen molar-refractivity contribution in [2.45, 2.75) is 33.1 Å². The van der Waals surface area contributed by atoms with Crippen molar-refractivity contribution in [3.63, 3.8) is 0 Å². The lowest BCUT2D eigenvalue weighted by atomic mass is 10.1. The van der Waals surface area contributed by atoms with Gasteiger partial charge in [0.1, 0.15) is 6.07 Å². The first-order valence-corrected chi connectivity index (χ1v) is 7.59. The molecule has 114 valence electrons. The first-order valence-electron chi connectivity index (χ1n) is 7.21. The molecule has 4 heteroatoms. The Morgan fingerprint density at radius 1 is 1.14 bits per heavy atom. The molecule has 0 unspecified atom stereocenters. The molecule has 0 aliphatic heterocycles. The number of nitrogens with zero attached hydrogens (tertiary/aromatic N) is 1. The molecule has 2 aromatic carbocycles. The summed E-state index contributed by atoms with van der Waals surface area (Å²) in [5, 5.41) is 12.6. The van der Waals surface area contributed by atoms with E-state index < -0.39 is 0 Å². The summed E-state index contributed by atoms with van der Waals surface area (Å²) in [6.45, 7) is 5.40. The van der Waals surface area contributed by atoms with Crippen molar-refractivity contribution in [2.75, 3.05) is 5.32 Å². The third kappa shape index (κ3) is 4.77. The minimum Gasteiger partial charge on any atom is -0.381 e. The number of anilines is 1. The Hall–Kier alpha value is -2.02. The predicted molar refractivity (Wildman–Crippen MR) is 89.9 cm³/mol. The number of nitrogens with one attached hydrogen (secondary N) is 1. The highest BCUT2D eigenvalue weighted by molar-refractivity contribution is 6.32. The number of hydrogen-bond acceptors (Lipinski definition) is 3. The fourth-order valence-corrected chi connectivity index (χ4v) is 2.16. The maximum Gasteiger partial charge on any atom is 0.101 e. The Morgan fingerprint density at radius 2 is 1.82 bits per heavy atom. The summed E-state index contributed by atoms with van der Waals surface area (Å²) in [5.41, 5.74) is 3.73. The van der Waals surface area contributed by atoms with Gasteiger partial charge in [0, 0.05) is 12.2 Å². The van der Waals surface area contributed by atoms with Crippen LogP contribution in [-0.2, 0) is 17.9 Å². The zero-order valence-corrected chi connectivity index (χ0v) is 13.5. The van der Waals surface area contributed by atoms with E-state index in [0.717, 1.165) is 5.69 Å². The van der Waals surface area contributed by atoms with Crippen molar-refractivity contribution < 1.29 is 4.74 Å². The number of benzene rings is 2. The maximum absolute atomic E-state index is 8.86. The Labute approximate surface area is 136 Å². The lowest BCUT2D eigenvalue weighted by molar-refractivity contribution is 0.0657. The first-order chi connectivity index (χ1) is 10.6. The molecule has 2 aromatic rings. The van der Waals surface area contributed by atoms with Crippen LogP contribution in [0.3, 0.4) is 0 Å². The van der Waals surface area contributed by atoms with Crippen molar-refractivity contribution in [1.29, 1.82) is 5.26 Å². The van der Waals surface area contributed by atoms with E-state index >= 15 is 0 Å². The van der Waals surface area contributed by atoms with E-state index in [9.17, 15) is 0 Å². The van der Waals surface area contributed by atoms with Crippen molar-refractivity contribution in [3.8, 4) is 6.07 Å². The van der Waals surface area contributed by atoms with E-state index in [1.165, 1.54) is 11.1 Å². The zero-order chi connectivity index (χ0) is 15.9. The largest absolute Gasteiger partial charge is 0.381 e. The summed E-state index contributed by atoms with van der Waals surface area (Å²) >= 11 is 6.02. The highest BCUT2D eigenvalue weighted by Crippen LogP contribution is 2.20. The van der Waals surface area contributed by atoms with Crippen LogP contribution in [0.25, 0.3) is 0 Å². The zero-order valence-electron chi connectivity index (χ0n) is 12.8. The van der Waals surface area contributed by atoms with Crippen LogP contribution in [0.15, 0.2) is 42.5 Å². The topological polar surface area (TPSA) is 45.0 Å². The molecule has 22 heavy (non-hydrogen) atoms. The van der Waals surface area contributed by atoms with Crippen molar-refractivity contribution in [2.24, 2.45) is 0 Å². The molecular formula is C18H19ClN2O. The van der Waals surface area contributed by atoms with Gasteiger partial charge in [0.2, 0.25) is 0 Å². The minimum atomic E-state index is 0.238. The number of halogens is 1. The van der Waals surface area contributed by atoms with Crippen molar-refractivity contribution in [3.05, 3.63) is 64.2 Å². The lowest BCUT2D eigenvalue weighted by Gasteiger charge is -2.10. The van der Waals surface area contributed by atoms with E-state index in [-0.39, 0.29) is 6.10 Å². The van der Waals surface area contributed by atoms with Crippen LogP contribution < -0.4 is 5.32 Å². The summed E-state index contributed by atoms with van der Waals surface area (Å²) in [4.78, 5) is 0. The van der Waals surface area contributed by atoms with Gasteiger partial charge in [0.05, 0.1) is 23.3 Å². The van der Waals surface area contributed by atoms with E-state index in [1.807, 2.05) is 19.9 Å². The van der Waals surface area contributed by atoms with Gasteiger partial charge in [-0.25, -0.2) is 0 Å². The maximum atomic E-state index is 8.86. The van der Waals surface area contributed by atoms with Gasteiger partial charge in [-0.1, -0.05) is 35.9 Å². The molecule has 0 heterocycles. The predicted octanol–water partition coefficient (Wildman–Crippen LogP) is 4.75. The van der Waals surface area contributed by atoms with Gasteiger partial charge >= 0.3 is 0 Å². The molecule has 0 aromatic heterocycles. The summed E-state index contributed by atoms with van der Waals surface area (Å²) in [6, 6.07) is 15.7. The third-order valence-corrected chi connectivity index (χ3v) is 3.51. The van der Waals surface area contributed by atoms with Crippen molar-refractivity contribution >= 4 is 17.3 Å². The second kappa shape index (κ2) is 7.84. The molecule has 1 N–H and O–H groups in total. The number of ether oxygens (including phenoxy) is 1. The number of rotatable bonds is 6. The second-order valence-electron chi connectivity index (χ2n) is 5.34. The van der Waals surface area contributed by atoms with E-state index in [1.54, 1.807) is 12.1 Å². The highest BCUT2D eigenvalue weighted by Gasteiger charge is 2.01. The Morgan fingerprint density at radius 3 is 2.41 bits per heavy atom. The molecule has 0 fully saturated rings. The molecule has 0 bridgehead atoms. The van der Waals surface area contributed by atoms with Crippen LogP contribution in [-0.4, -0.2) is 6.10 Å². The normalized spacial score (nSPS) is 10.5. The van der Waals surface area contributed by atoms with E-state index in [0.29, 0.717) is 23.7 Å². The van der Waals surface area contributed by atoms with Crippen LogP contribution >= 0.6 is 11.6 Å². The SMILES string of the molecule is CC(C)OCc1ccc(CNc2ccc(C#N)c(Cl)c2)cc1. The molecule has 0 saturated heterocycles. The third-order valence-electron chi connectivity index (χ3n) is 3.19. The van der Waals surface area contributed by atoms with Gasteiger partial charge in [0.25, 0.3) is 0 Å². The molecule has 3 nitrogen and oxygen atoms in total. The second-order valence-corrected chi connectivity index (χ2v) is 5.74. The smallest absolute Gasteiger partial charge is 0.101 e. The standard InChI is InChI=1S/C18H19ClN2O/c1-13(2)22-12-15-5-3-14(4-6-15)11-21-17-8-7-16(10-20)18(19)9-17/h3-9,13,21H,11-12H2,1-2H3. The monoisotopic (exact) mass is 314 g/mol. The highest BCUT2D eigenvalue weighted by atomic mass is 35.5. The fraction of sp³-hybridized carbons (Fsp3) is 0.278. The molecule has 0 saturated carbocycles. The van der Waals surface area contributed by atoms with Gasteiger partial charge in [-0.15, -0.1) is 0 Å². The Bertz CT molecular complexity index is 660. The van der Waals surface area contributed by atoms with Crippen LogP contribution in [0.4, 0.5) is 5.69 Å². The van der Waals surface area contributed by atoms with E-state index in [4.69, 9.17) is 21.6 Å². The lowest BCUT2D eigenvalue weighted by Crippen LogP contribution is -2.03. The van der Waals surface area contributed by atoms with Crippen LogP contribution in [0.1, 0.15) is 30.5 Å². The molecule has 0 aliphatic carbocycles. The summed E-state index contributed by atoms with van der Waals surface area (Å²) in [5.74, 6) is 0. The van der Waals surface area contributed by atoms with Crippen LogP contribution in [0.2, 0.25) is 5.02 Å². The summed E-state index contributed by atoms with van der Waals surface area (Å²) < 4.78 is 5.58. The molecular weight excluding hydrogens is 296 g/mol. The number of nitriles is 1. The van der Waals surface area contributed by atoms with Gasteiger partial charge < -0.3 is 10.1 Å².